The first-order valence-electron chi connectivity index (χ1n) is 12.5. The van der Waals surface area contributed by atoms with Crippen LogP contribution in [0, 0.1) is 6.92 Å². The van der Waals surface area contributed by atoms with E-state index in [4.69, 9.17) is 4.74 Å². The average molecular weight is 617 g/mol. The van der Waals surface area contributed by atoms with Gasteiger partial charge in [-0.15, -0.1) is 0 Å². The molecule has 0 aromatic heterocycles. The molecule has 0 aliphatic heterocycles. The number of ether oxygens (including phenoxy) is 1. The fourth-order valence-electron chi connectivity index (χ4n) is 3.93. The highest BCUT2D eigenvalue weighted by molar-refractivity contribution is 9.10. The number of aryl methyl sites for hydroxylation is 1. The van der Waals surface area contributed by atoms with E-state index in [0.29, 0.717) is 11.4 Å². The molecule has 0 heterocycles. The quantitative estimate of drug-likeness (QED) is 0.331. The van der Waals surface area contributed by atoms with E-state index in [1.54, 1.807) is 68.6 Å². The van der Waals surface area contributed by atoms with Gasteiger partial charge in [-0.25, -0.2) is 8.42 Å². The molecule has 0 aliphatic carbocycles. The lowest BCUT2D eigenvalue weighted by atomic mass is 10.1. The fourth-order valence-corrected chi connectivity index (χ4v) is 5.61. The summed E-state index contributed by atoms with van der Waals surface area (Å²) < 4.78 is 34.8. The molecule has 10 heteroatoms. The van der Waals surface area contributed by atoms with Gasteiger partial charge in [0.2, 0.25) is 11.8 Å². The van der Waals surface area contributed by atoms with Crippen molar-refractivity contribution < 1.29 is 22.7 Å². The predicted octanol–water partition coefficient (Wildman–Crippen LogP) is 4.90. The lowest BCUT2D eigenvalue weighted by Gasteiger charge is -2.32. The minimum atomic E-state index is -4.11. The SMILES string of the molecule is COc1cccc(CN(C(=O)CN(c2ccc(Br)cc2)S(=O)(=O)c2ccc(C)cc2)[C@@H](C)C(=O)NC(C)C)c1. The highest BCUT2D eigenvalue weighted by Crippen LogP contribution is 2.26. The Balaban J connectivity index is 2.03. The molecule has 0 spiro atoms. The summed E-state index contributed by atoms with van der Waals surface area (Å²) in [5, 5.41) is 2.84. The van der Waals surface area contributed by atoms with Crippen molar-refractivity contribution in [3.8, 4) is 5.75 Å². The Bertz CT molecular complexity index is 1390. The van der Waals surface area contributed by atoms with Crippen molar-refractivity contribution in [2.45, 2.75) is 51.2 Å². The number of nitrogens with one attached hydrogen (secondary N) is 1. The van der Waals surface area contributed by atoms with Crippen LogP contribution in [0.3, 0.4) is 0 Å². The molecule has 1 N–H and O–H groups in total. The van der Waals surface area contributed by atoms with Gasteiger partial charge >= 0.3 is 0 Å². The molecule has 0 bridgehead atoms. The molecule has 0 radical (unpaired) electrons. The Morgan fingerprint density at radius 3 is 2.21 bits per heavy atom. The zero-order valence-corrected chi connectivity index (χ0v) is 25.1. The van der Waals surface area contributed by atoms with Crippen LogP contribution in [0.4, 0.5) is 5.69 Å². The van der Waals surface area contributed by atoms with Crippen LogP contribution in [0.1, 0.15) is 31.9 Å². The van der Waals surface area contributed by atoms with E-state index in [-0.39, 0.29) is 23.4 Å². The maximum atomic E-state index is 13.9. The second kappa shape index (κ2) is 13.1. The summed E-state index contributed by atoms with van der Waals surface area (Å²) in [5.74, 6) is -0.252. The van der Waals surface area contributed by atoms with Crippen molar-refractivity contribution >= 4 is 43.5 Å². The molecule has 0 saturated heterocycles. The topological polar surface area (TPSA) is 96.0 Å². The van der Waals surface area contributed by atoms with Crippen LogP contribution in [0.2, 0.25) is 0 Å². The van der Waals surface area contributed by atoms with Gasteiger partial charge in [0.1, 0.15) is 18.3 Å². The van der Waals surface area contributed by atoms with Crippen LogP contribution in [-0.2, 0) is 26.2 Å². The number of hydrogen-bond donors (Lipinski definition) is 1. The molecular formula is C29H34BrN3O5S. The van der Waals surface area contributed by atoms with Crippen molar-refractivity contribution in [3.05, 3.63) is 88.4 Å². The lowest BCUT2D eigenvalue weighted by Crippen LogP contribution is -2.52. The summed E-state index contributed by atoms with van der Waals surface area (Å²) in [4.78, 5) is 28.4. The van der Waals surface area contributed by atoms with Crippen LogP contribution in [-0.4, -0.2) is 50.9 Å². The van der Waals surface area contributed by atoms with Crippen LogP contribution < -0.4 is 14.4 Å². The van der Waals surface area contributed by atoms with Crippen LogP contribution in [0.25, 0.3) is 0 Å². The summed E-state index contributed by atoms with van der Waals surface area (Å²) in [6.07, 6.45) is 0. The van der Waals surface area contributed by atoms with Crippen LogP contribution in [0.15, 0.2) is 82.2 Å². The Morgan fingerprint density at radius 1 is 0.974 bits per heavy atom. The number of anilines is 1. The van der Waals surface area contributed by atoms with Gasteiger partial charge in [0.15, 0.2) is 0 Å². The number of amides is 2. The maximum Gasteiger partial charge on any atom is 0.264 e. The second-order valence-electron chi connectivity index (χ2n) is 9.51. The van der Waals surface area contributed by atoms with E-state index >= 15 is 0 Å². The number of rotatable bonds is 11. The smallest absolute Gasteiger partial charge is 0.264 e. The van der Waals surface area contributed by atoms with Gasteiger partial charge in [0, 0.05) is 17.1 Å². The van der Waals surface area contributed by atoms with Crippen LogP contribution in [0.5, 0.6) is 5.75 Å². The molecule has 0 aliphatic rings. The molecule has 1 atom stereocenters. The van der Waals surface area contributed by atoms with Crippen LogP contribution >= 0.6 is 15.9 Å². The molecule has 0 saturated carbocycles. The van der Waals surface area contributed by atoms with Gasteiger partial charge in [-0.1, -0.05) is 45.8 Å². The monoisotopic (exact) mass is 615 g/mol. The van der Waals surface area contributed by atoms with Gasteiger partial charge < -0.3 is 15.0 Å². The molecule has 8 nitrogen and oxygen atoms in total. The first-order chi connectivity index (χ1) is 18.4. The van der Waals surface area contributed by atoms with E-state index in [2.05, 4.69) is 21.2 Å². The summed E-state index contributed by atoms with van der Waals surface area (Å²) in [6.45, 7) is 6.76. The van der Waals surface area contributed by atoms with E-state index in [1.165, 1.54) is 17.0 Å². The number of sulfonamides is 1. The van der Waals surface area contributed by atoms with Crippen molar-refractivity contribution in [2.75, 3.05) is 18.0 Å². The maximum absolute atomic E-state index is 13.9. The fraction of sp³-hybridized carbons (Fsp3) is 0.310. The normalized spacial score (nSPS) is 12.1. The summed E-state index contributed by atoms with van der Waals surface area (Å²) >= 11 is 3.38. The highest BCUT2D eigenvalue weighted by atomic mass is 79.9. The van der Waals surface area contributed by atoms with E-state index in [1.807, 2.05) is 26.8 Å². The number of hydrogen-bond acceptors (Lipinski definition) is 5. The standard InChI is InChI=1S/C29H34BrN3O5S/c1-20(2)31-29(35)22(4)32(18-23-7-6-8-26(17-23)38-5)28(34)19-33(25-13-11-24(30)12-14-25)39(36,37)27-15-9-21(3)10-16-27/h6-17,20,22H,18-19H2,1-5H3,(H,31,35)/t22-/m0/s1. The first kappa shape index (κ1) is 30.2. The van der Waals surface area contributed by atoms with Crippen molar-refractivity contribution in [3.63, 3.8) is 0 Å². The third kappa shape index (κ3) is 7.83. The Hall–Kier alpha value is -3.37. The molecule has 0 fully saturated rings. The van der Waals surface area contributed by atoms with E-state index in [9.17, 15) is 18.0 Å². The molecule has 3 aromatic rings. The van der Waals surface area contributed by atoms with Gasteiger partial charge in [0.25, 0.3) is 10.0 Å². The average Bonchev–Trinajstić information content (AvgIpc) is 2.90. The number of benzene rings is 3. The largest absolute Gasteiger partial charge is 0.497 e. The minimum absolute atomic E-state index is 0.0637. The molecule has 3 aromatic carbocycles. The molecule has 2 amide bonds. The Morgan fingerprint density at radius 2 is 1.62 bits per heavy atom. The van der Waals surface area contributed by atoms with Crippen molar-refractivity contribution in [1.29, 1.82) is 0 Å². The number of methoxy groups -OCH3 is 1. The van der Waals surface area contributed by atoms with Crippen molar-refractivity contribution in [1.82, 2.24) is 10.2 Å². The number of halogens is 1. The second-order valence-corrected chi connectivity index (χ2v) is 12.3. The summed E-state index contributed by atoms with van der Waals surface area (Å²) in [5.41, 5.74) is 1.98. The third-order valence-corrected chi connectivity index (χ3v) is 8.40. The third-order valence-electron chi connectivity index (χ3n) is 6.09. The van der Waals surface area contributed by atoms with E-state index in [0.717, 1.165) is 19.9 Å². The van der Waals surface area contributed by atoms with Crippen molar-refractivity contribution in [2.24, 2.45) is 0 Å². The number of carbonyl (C=O) groups is 2. The predicted molar refractivity (Wildman–Crippen MR) is 156 cm³/mol. The zero-order valence-electron chi connectivity index (χ0n) is 22.7. The number of nitrogens with zero attached hydrogens (tertiary/aromatic N) is 2. The van der Waals surface area contributed by atoms with Gasteiger partial charge in [-0.2, -0.15) is 0 Å². The Kier molecular flexibility index (Phi) is 10.2. The summed E-state index contributed by atoms with van der Waals surface area (Å²) in [6, 6.07) is 19.3. The molecular weight excluding hydrogens is 582 g/mol. The van der Waals surface area contributed by atoms with Gasteiger partial charge in [-0.3, -0.25) is 13.9 Å². The van der Waals surface area contributed by atoms with Gasteiger partial charge in [0.05, 0.1) is 17.7 Å². The van der Waals surface area contributed by atoms with E-state index < -0.39 is 28.5 Å². The zero-order chi connectivity index (χ0) is 28.7. The first-order valence-corrected chi connectivity index (χ1v) is 14.7. The molecule has 3 rings (SSSR count). The molecule has 39 heavy (non-hydrogen) atoms. The Labute approximate surface area is 239 Å². The summed E-state index contributed by atoms with van der Waals surface area (Å²) in [7, 11) is -2.56. The van der Waals surface area contributed by atoms with Gasteiger partial charge in [-0.05, 0) is 81.8 Å². The lowest BCUT2D eigenvalue weighted by molar-refractivity contribution is -0.139. The number of carbonyl (C=O) groups excluding carboxylic acids is 2. The molecule has 0 unspecified atom stereocenters. The molecule has 208 valence electrons. The minimum Gasteiger partial charge on any atom is -0.497 e. The highest BCUT2D eigenvalue weighted by Gasteiger charge is 2.32.